The van der Waals surface area contributed by atoms with E-state index in [0.29, 0.717) is 23.6 Å². The minimum Gasteiger partial charge on any atom is -0.383 e. The predicted molar refractivity (Wildman–Crippen MR) is 116 cm³/mol. The maximum Gasteiger partial charge on any atom is 0.306 e. The molecular weight excluding hydrogens is 382 g/mol. The van der Waals surface area contributed by atoms with Crippen molar-refractivity contribution < 1.29 is 12.6 Å². The van der Waals surface area contributed by atoms with Crippen molar-refractivity contribution in [3.63, 3.8) is 0 Å². The fourth-order valence-electron chi connectivity index (χ4n) is 7.05. The summed E-state index contributed by atoms with van der Waals surface area (Å²) in [6.07, 6.45) is 9.68. The molecular formula is C24H33NO3S. The van der Waals surface area contributed by atoms with Crippen LogP contribution in [0, 0.1) is 17.8 Å². The summed E-state index contributed by atoms with van der Waals surface area (Å²) in [6.45, 7) is 9.22. The van der Waals surface area contributed by atoms with Crippen molar-refractivity contribution in [2.45, 2.75) is 63.3 Å². The smallest absolute Gasteiger partial charge is 0.306 e. The van der Waals surface area contributed by atoms with Crippen LogP contribution in [0.1, 0.15) is 56.6 Å². The Kier molecular flexibility index (Phi) is 4.63. The van der Waals surface area contributed by atoms with E-state index in [1.54, 1.807) is 0 Å². The quantitative estimate of drug-likeness (QED) is 0.543. The van der Waals surface area contributed by atoms with E-state index in [0.717, 1.165) is 44.4 Å². The summed E-state index contributed by atoms with van der Waals surface area (Å²) in [5, 5.41) is 0. The lowest BCUT2D eigenvalue weighted by atomic mass is 9.49. The molecule has 0 aromatic heterocycles. The zero-order chi connectivity index (χ0) is 20.4. The molecule has 158 valence electrons. The van der Waals surface area contributed by atoms with Crippen LogP contribution in [0.3, 0.4) is 0 Å². The first-order valence-corrected chi connectivity index (χ1v) is 13.0. The lowest BCUT2D eigenvalue weighted by Gasteiger charge is -2.62. The molecule has 4 aliphatic rings. The number of likely N-dealkylation sites (tertiary alicyclic amines) is 1. The molecule has 3 aliphatic carbocycles. The topological polar surface area (TPSA) is 46.6 Å². The van der Waals surface area contributed by atoms with Gasteiger partial charge in [-0.3, -0.25) is 4.90 Å². The Hall–Kier alpha value is -1.33. The first-order valence-electron chi connectivity index (χ1n) is 11.2. The van der Waals surface area contributed by atoms with Gasteiger partial charge in [-0.05, 0) is 86.1 Å². The van der Waals surface area contributed by atoms with E-state index in [4.69, 9.17) is 4.18 Å². The number of piperidine rings is 1. The molecule has 5 rings (SSSR count). The average Bonchev–Trinajstić information content (AvgIpc) is 2.58. The minimum atomic E-state index is -3.52. The molecule has 4 nitrogen and oxygen atoms in total. The summed E-state index contributed by atoms with van der Waals surface area (Å²) in [6, 6.07) is 6.59. The second-order valence-corrected chi connectivity index (χ2v) is 11.8. The van der Waals surface area contributed by atoms with Crippen molar-refractivity contribution in [2.24, 2.45) is 17.8 Å². The van der Waals surface area contributed by atoms with Crippen LogP contribution in [-0.2, 0) is 22.0 Å². The lowest BCUT2D eigenvalue weighted by Crippen LogP contribution is -2.63. The molecule has 0 amide bonds. The number of fused-ring (bicyclic) bond motifs is 1. The Morgan fingerprint density at radius 1 is 1.28 bits per heavy atom. The van der Waals surface area contributed by atoms with E-state index in [1.807, 2.05) is 12.1 Å². The SMILES string of the molecule is C=C1CC(C)[C@H]2[C@H]3Cc4ccc(OS(C)(=O)=O)cc4[C@@]2(CCN3CC2CCC2)C1. The summed E-state index contributed by atoms with van der Waals surface area (Å²) < 4.78 is 28.7. The van der Waals surface area contributed by atoms with E-state index in [9.17, 15) is 8.42 Å². The Morgan fingerprint density at radius 2 is 2.07 bits per heavy atom. The van der Waals surface area contributed by atoms with E-state index in [1.165, 1.54) is 42.5 Å². The van der Waals surface area contributed by atoms with Gasteiger partial charge in [0, 0.05) is 18.0 Å². The molecule has 1 aliphatic heterocycles. The number of rotatable bonds is 4. The van der Waals surface area contributed by atoms with Crippen molar-refractivity contribution >= 4 is 10.1 Å². The fraction of sp³-hybridized carbons (Fsp3) is 0.667. The summed E-state index contributed by atoms with van der Waals surface area (Å²) in [4.78, 5) is 2.81. The van der Waals surface area contributed by atoms with Crippen LogP contribution in [0.5, 0.6) is 5.75 Å². The molecule has 0 spiro atoms. The molecule has 1 aromatic carbocycles. The number of nitrogens with zero attached hydrogens (tertiary/aromatic N) is 1. The van der Waals surface area contributed by atoms with E-state index in [2.05, 4.69) is 24.5 Å². The Balaban J connectivity index is 1.57. The van der Waals surface area contributed by atoms with Gasteiger partial charge in [0.1, 0.15) is 5.75 Å². The highest BCUT2D eigenvalue weighted by Crippen LogP contribution is 2.59. The molecule has 29 heavy (non-hydrogen) atoms. The van der Waals surface area contributed by atoms with Gasteiger partial charge in [-0.1, -0.05) is 31.6 Å². The number of hydrogen-bond acceptors (Lipinski definition) is 4. The van der Waals surface area contributed by atoms with Gasteiger partial charge >= 0.3 is 10.1 Å². The highest BCUT2D eigenvalue weighted by atomic mass is 32.2. The molecule has 1 unspecified atom stereocenters. The van der Waals surface area contributed by atoms with Crippen LogP contribution >= 0.6 is 0 Å². The minimum absolute atomic E-state index is 0.0833. The van der Waals surface area contributed by atoms with Crippen LogP contribution in [0.15, 0.2) is 30.4 Å². The first-order chi connectivity index (χ1) is 13.7. The zero-order valence-corrected chi connectivity index (χ0v) is 18.5. The molecule has 0 radical (unpaired) electrons. The van der Waals surface area contributed by atoms with E-state index in [-0.39, 0.29) is 5.41 Å². The first kappa shape index (κ1) is 19.6. The van der Waals surface area contributed by atoms with Crippen LogP contribution in [-0.4, -0.2) is 38.7 Å². The summed E-state index contributed by atoms with van der Waals surface area (Å²) in [5.41, 5.74) is 4.14. The van der Waals surface area contributed by atoms with Gasteiger partial charge in [-0.2, -0.15) is 8.42 Å². The van der Waals surface area contributed by atoms with Gasteiger partial charge in [0.15, 0.2) is 0 Å². The number of allylic oxidation sites excluding steroid dienone is 1. The second-order valence-electron chi connectivity index (χ2n) is 10.2. The Morgan fingerprint density at radius 3 is 2.76 bits per heavy atom. The normalized spacial score (nSPS) is 34.8. The second kappa shape index (κ2) is 6.84. The van der Waals surface area contributed by atoms with Crippen molar-refractivity contribution in [1.29, 1.82) is 0 Å². The maximum absolute atomic E-state index is 11.7. The third-order valence-electron chi connectivity index (χ3n) is 8.17. The van der Waals surface area contributed by atoms with Gasteiger partial charge in [-0.15, -0.1) is 0 Å². The molecule has 2 bridgehead atoms. The highest BCUT2D eigenvalue weighted by molar-refractivity contribution is 7.86. The van der Waals surface area contributed by atoms with Gasteiger partial charge in [-0.25, -0.2) is 0 Å². The molecule has 2 saturated carbocycles. The molecule has 4 atom stereocenters. The third kappa shape index (κ3) is 3.34. The molecule has 1 heterocycles. The zero-order valence-electron chi connectivity index (χ0n) is 17.7. The van der Waals surface area contributed by atoms with Gasteiger partial charge in [0.05, 0.1) is 6.26 Å². The monoisotopic (exact) mass is 415 g/mol. The molecule has 0 N–H and O–H groups in total. The van der Waals surface area contributed by atoms with Crippen molar-refractivity contribution in [1.82, 2.24) is 4.90 Å². The van der Waals surface area contributed by atoms with Crippen LogP contribution < -0.4 is 4.18 Å². The van der Waals surface area contributed by atoms with Crippen LogP contribution in [0.4, 0.5) is 0 Å². The third-order valence-corrected chi connectivity index (χ3v) is 8.66. The highest BCUT2D eigenvalue weighted by Gasteiger charge is 2.57. The standard InChI is InChI=1S/C24H33NO3S/c1-16-11-17(2)23-22-12-19-7-8-20(28-29(3,26)27)13-21(19)24(23,14-16)9-10-25(22)15-18-5-4-6-18/h7-8,13,17-18,22-23H,1,4-6,9-12,14-15H2,2-3H3/t17?,22-,23+,24-/m1/s1. The fourth-order valence-corrected chi connectivity index (χ4v) is 7.50. The largest absolute Gasteiger partial charge is 0.383 e. The maximum atomic E-state index is 11.7. The molecule has 1 saturated heterocycles. The van der Waals surface area contributed by atoms with Gasteiger partial charge < -0.3 is 4.18 Å². The Labute approximate surface area is 175 Å². The van der Waals surface area contributed by atoms with Gasteiger partial charge in [0.2, 0.25) is 0 Å². The van der Waals surface area contributed by atoms with Crippen LogP contribution in [0.25, 0.3) is 0 Å². The van der Waals surface area contributed by atoms with Crippen molar-refractivity contribution in [3.8, 4) is 5.75 Å². The van der Waals surface area contributed by atoms with Crippen molar-refractivity contribution in [2.75, 3.05) is 19.3 Å². The summed E-state index contributed by atoms with van der Waals surface area (Å²) in [7, 11) is -3.52. The van der Waals surface area contributed by atoms with Gasteiger partial charge in [0.25, 0.3) is 0 Å². The Bertz CT molecular complexity index is 935. The summed E-state index contributed by atoms with van der Waals surface area (Å²) >= 11 is 0. The van der Waals surface area contributed by atoms with E-state index >= 15 is 0 Å². The van der Waals surface area contributed by atoms with Crippen molar-refractivity contribution in [3.05, 3.63) is 41.5 Å². The molecule has 3 fully saturated rings. The molecule has 1 aromatic rings. The van der Waals surface area contributed by atoms with Crippen LogP contribution in [0.2, 0.25) is 0 Å². The van der Waals surface area contributed by atoms with E-state index < -0.39 is 10.1 Å². The molecule has 5 heteroatoms. The lowest BCUT2D eigenvalue weighted by molar-refractivity contribution is -0.0376. The average molecular weight is 416 g/mol. The predicted octanol–water partition coefficient (Wildman–Crippen LogP) is 4.30. The summed E-state index contributed by atoms with van der Waals surface area (Å²) in [5.74, 6) is 2.57. The number of hydrogen-bond donors (Lipinski definition) is 0. The number of benzene rings is 1.